The highest BCUT2D eigenvalue weighted by molar-refractivity contribution is 6.30. The lowest BCUT2D eigenvalue weighted by atomic mass is 10.1. The Bertz CT molecular complexity index is 1080. The van der Waals surface area contributed by atoms with Crippen LogP contribution in [0.5, 0.6) is 0 Å². The van der Waals surface area contributed by atoms with Crippen molar-refractivity contribution in [2.75, 3.05) is 10.6 Å². The van der Waals surface area contributed by atoms with Crippen molar-refractivity contribution in [3.63, 3.8) is 0 Å². The fraction of sp³-hybridized carbons (Fsp3) is 0.111. The molecule has 2 N–H and O–H groups in total. The Hall–Kier alpha value is -3.19. The van der Waals surface area contributed by atoms with Gasteiger partial charge in [0, 0.05) is 16.4 Å². The van der Waals surface area contributed by atoms with Crippen molar-refractivity contribution in [1.29, 1.82) is 0 Å². The zero-order chi connectivity index (χ0) is 18.1. The predicted molar refractivity (Wildman–Crippen MR) is 101 cm³/mol. The molecule has 130 valence electrons. The van der Waals surface area contributed by atoms with Gasteiger partial charge in [-0.1, -0.05) is 23.7 Å². The molecule has 0 atom stereocenters. The minimum atomic E-state index is 0.327. The Balaban J connectivity index is 1.76. The molecule has 0 aliphatic carbocycles. The summed E-state index contributed by atoms with van der Waals surface area (Å²) in [6.45, 7) is 4.11. The number of hydrogen-bond acceptors (Lipinski definition) is 7. The monoisotopic (exact) mass is 366 g/mol. The number of nitrogens with zero attached hydrogens (tertiary/aromatic N) is 4. The van der Waals surface area contributed by atoms with Gasteiger partial charge in [-0.2, -0.15) is 0 Å². The first kappa shape index (κ1) is 16.3. The second kappa shape index (κ2) is 6.61. The van der Waals surface area contributed by atoms with Crippen LogP contribution in [0, 0.1) is 13.8 Å². The number of halogens is 1. The van der Waals surface area contributed by atoms with Crippen LogP contribution in [0.3, 0.4) is 0 Å². The van der Waals surface area contributed by atoms with E-state index in [4.69, 9.17) is 16.2 Å². The van der Waals surface area contributed by atoms with Crippen molar-refractivity contribution in [2.24, 2.45) is 0 Å². The van der Waals surface area contributed by atoms with Gasteiger partial charge in [0.15, 0.2) is 11.6 Å². The Morgan fingerprint density at radius 1 is 0.846 bits per heavy atom. The number of benzene rings is 2. The SMILES string of the molecule is Cc1cccc(Nc2nc3nonc3nc2Nc2ccc(Cl)cc2)c1C. The van der Waals surface area contributed by atoms with Crippen molar-refractivity contribution >= 4 is 45.9 Å². The quantitative estimate of drug-likeness (QED) is 0.537. The average Bonchev–Trinajstić information content (AvgIpc) is 3.08. The number of nitrogens with one attached hydrogen (secondary N) is 2. The molecule has 26 heavy (non-hydrogen) atoms. The first-order chi connectivity index (χ1) is 12.6. The summed E-state index contributed by atoms with van der Waals surface area (Å²) >= 11 is 5.95. The number of aryl methyl sites for hydroxylation is 1. The molecular formula is C18H15ClN6O. The topological polar surface area (TPSA) is 88.8 Å². The number of rotatable bonds is 4. The second-order valence-corrected chi connectivity index (χ2v) is 6.27. The highest BCUT2D eigenvalue weighted by Crippen LogP contribution is 2.29. The smallest absolute Gasteiger partial charge is 0.245 e. The molecule has 0 fully saturated rings. The number of aromatic nitrogens is 4. The third kappa shape index (κ3) is 3.16. The maximum atomic E-state index is 5.95. The molecule has 7 nitrogen and oxygen atoms in total. The fourth-order valence-corrected chi connectivity index (χ4v) is 2.62. The van der Waals surface area contributed by atoms with E-state index < -0.39 is 0 Å². The van der Waals surface area contributed by atoms with Gasteiger partial charge in [0.2, 0.25) is 11.3 Å². The maximum absolute atomic E-state index is 5.95. The third-order valence-electron chi connectivity index (χ3n) is 4.08. The number of fused-ring (bicyclic) bond motifs is 1. The Morgan fingerprint density at radius 3 is 2.19 bits per heavy atom. The van der Waals surface area contributed by atoms with Crippen LogP contribution >= 0.6 is 11.6 Å². The van der Waals surface area contributed by atoms with Gasteiger partial charge in [0.1, 0.15) is 0 Å². The molecule has 8 heteroatoms. The lowest BCUT2D eigenvalue weighted by molar-refractivity contribution is 0.314. The van der Waals surface area contributed by atoms with Crippen LogP contribution in [0.25, 0.3) is 11.3 Å². The lowest BCUT2D eigenvalue weighted by Gasteiger charge is -2.14. The van der Waals surface area contributed by atoms with Crippen LogP contribution in [0.2, 0.25) is 5.02 Å². The van der Waals surface area contributed by atoms with Crippen LogP contribution in [-0.4, -0.2) is 20.3 Å². The molecule has 4 aromatic rings. The molecule has 0 amide bonds. The minimum absolute atomic E-state index is 0.327. The van der Waals surface area contributed by atoms with E-state index in [9.17, 15) is 0 Å². The summed E-state index contributed by atoms with van der Waals surface area (Å²) in [5.41, 5.74) is 4.73. The van der Waals surface area contributed by atoms with Gasteiger partial charge >= 0.3 is 0 Å². The van der Waals surface area contributed by atoms with E-state index in [2.05, 4.69) is 43.9 Å². The molecule has 2 aromatic carbocycles. The molecule has 2 heterocycles. The third-order valence-corrected chi connectivity index (χ3v) is 4.33. The predicted octanol–water partition coefficient (Wildman–Crippen LogP) is 4.77. The molecule has 0 aliphatic rings. The largest absolute Gasteiger partial charge is 0.337 e. The summed E-state index contributed by atoms with van der Waals surface area (Å²) in [4.78, 5) is 8.95. The van der Waals surface area contributed by atoms with Crippen molar-refractivity contribution in [3.8, 4) is 0 Å². The fourth-order valence-electron chi connectivity index (χ4n) is 2.50. The molecule has 0 unspecified atom stereocenters. The zero-order valence-corrected chi connectivity index (χ0v) is 14.9. The minimum Gasteiger partial charge on any atom is -0.337 e. The Kier molecular flexibility index (Phi) is 4.14. The molecule has 0 spiro atoms. The standard InChI is InChI=1S/C18H15ClN6O/c1-10-4-3-5-14(11(10)2)21-16-15(20-13-8-6-12(19)7-9-13)22-17-18(23-16)25-26-24-17/h3-9H,1-2H3,(H,20,22,24)(H,21,23,25). The first-order valence-corrected chi connectivity index (χ1v) is 8.34. The van der Waals surface area contributed by atoms with Crippen LogP contribution in [0.1, 0.15) is 11.1 Å². The van der Waals surface area contributed by atoms with E-state index in [0.29, 0.717) is 28.0 Å². The summed E-state index contributed by atoms with van der Waals surface area (Å²) in [5.74, 6) is 1.04. The van der Waals surface area contributed by atoms with Crippen LogP contribution in [0.4, 0.5) is 23.0 Å². The summed E-state index contributed by atoms with van der Waals surface area (Å²) in [6, 6.07) is 13.3. The van der Waals surface area contributed by atoms with Gasteiger partial charge < -0.3 is 10.6 Å². The van der Waals surface area contributed by atoms with Gasteiger partial charge in [0.25, 0.3) is 0 Å². The van der Waals surface area contributed by atoms with Crippen molar-refractivity contribution < 1.29 is 4.63 Å². The van der Waals surface area contributed by atoms with Crippen molar-refractivity contribution in [3.05, 3.63) is 58.6 Å². The first-order valence-electron chi connectivity index (χ1n) is 7.96. The van der Waals surface area contributed by atoms with E-state index in [1.54, 1.807) is 12.1 Å². The number of anilines is 4. The normalized spacial score (nSPS) is 10.9. The van der Waals surface area contributed by atoms with E-state index in [0.717, 1.165) is 16.9 Å². The van der Waals surface area contributed by atoms with Crippen molar-refractivity contribution in [2.45, 2.75) is 13.8 Å². The summed E-state index contributed by atoms with van der Waals surface area (Å²) in [6.07, 6.45) is 0. The summed E-state index contributed by atoms with van der Waals surface area (Å²) in [5, 5.41) is 14.8. The van der Waals surface area contributed by atoms with E-state index >= 15 is 0 Å². The lowest BCUT2D eigenvalue weighted by Crippen LogP contribution is -2.04. The van der Waals surface area contributed by atoms with Crippen LogP contribution in [-0.2, 0) is 0 Å². The maximum Gasteiger partial charge on any atom is 0.245 e. The highest BCUT2D eigenvalue weighted by Gasteiger charge is 2.14. The van der Waals surface area contributed by atoms with Crippen molar-refractivity contribution in [1.82, 2.24) is 20.3 Å². The highest BCUT2D eigenvalue weighted by atomic mass is 35.5. The Morgan fingerprint density at radius 2 is 1.50 bits per heavy atom. The summed E-state index contributed by atoms with van der Waals surface area (Å²) < 4.78 is 4.74. The van der Waals surface area contributed by atoms with Gasteiger partial charge in [-0.25, -0.2) is 14.6 Å². The molecule has 2 aromatic heterocycles. The molecular weight excluding hydrogens is 352 g/mol. The molecule has 0 saturated heterocycles. The van der Waals surface area contributed by atoms with E-state index in [-0.39, 0.29) is 0 Å². The van der Waals surface area contributed by atoms with Gasteiger partial charge in [-0.05, 0) is 65.6 Å². The number of hydrogen-bond donors (Lipinski definition) is 2. The molecule has 0 aliphatic heterocycles. The van der Waals surface area contributed by atoms with Gasteiger partial charge in [-0.3, -0.25) is 0 Å². The molecule has 0 bridgehead atoms. The zero-order valence-electron chi connectivity index (χ0n) is 14.1. The van der Waals surface area contributed by atoms with Crippen LogP contribution in [0.15, 0.2) is 47.1 Å². The molecule has 0 saturated carbocycles. The summed E-state index contributed by atoms with van der Waals surface area (Å²) in [7, 11) is 0. The van der Waals surface area contributed by atoms with E-state index in [1.807, 2.05) is 31.2 Å². The average molecular weight is 367 g/mol. The van der Waals surface area contributed by atoms with E-state index in [1.165, 1.54) is 5.56 Å². The Labute approximate surface area is 154 Å². The molecule has 4 rings (SSSR count). The second-order valence-electron chi connectivity index (χ2n) is 5.84. The molecule has 0 radical (unpaired) electrons. The van der Waals surface area contributed by atoms with Gasteiger partial charge in [0.05, 0.1) is 0 Å². The van der Waals surface area contributed by atoms with Crippen LogP contribution < -0.4 is 10.6 Å². The van der Waals surface area contributed by atoms with Gasteiger partial charge in [-0.15, -0.1) is 0 Å².